The number of benzene rings is 2. The Bertz CT molecular complexity index is 660. The topological polar surface area (TPSA) is 86.3 Å². The fourth-order valence-electron chi connectivity index (χ4n) is 1.65. The summed E-state index contributed by atoms with van der Waals surface area (Å²) < 4.78 is 0. The molecule has 2 aromatic carbocycles. The summed E-state index contributed by atoms with van der Waals surface area (Å²) in [4.78, 5) is 19.7. The van der Waals surface area contributed by atoms with Crippen molar-refractivity contribution in [2.75, 3.05) is 0 Å². The lowest BCUT2D eigenvalue weighted by Crippen LogP contribution is -1.90. The Balaban J connectivity index is 0. The van der Waals surface area contributed by atoms with Gasteiger partial charge in [-0.15, -0.1) is 0 Å². The van der Waals surface area contributed by atoms with Gasteiger partial charge in [0.05, 0.1) is 9.85 Å². The van der Waals surface area contributed by atoms with Crippen LogP contribution in [0, 0.1) is 34.1 Å². The molecule has 0 heterocycles. The van der Waals surface area contributed by atoms with Crippen LogP contribution in [0.3, 0.4) is 0 Å². The van der Waals surface area contributed by atoms with E-state index in [1.165, 1.54) is 24.3 Å². The van der Waals surface area contributed by atoms with Crippen molar-refractivity contribution in [1.82, 2.24) is 0 Å². The Kier molecular flexibility index (Phi) is 10.6. The van der Waals surface area contributed by atoms with Gasteiger partial charge in [0.1, 0.15) is 0 Å². The number of nitrogens with zero attached hydrogens (tertiary/aromatic N) is 2. The molecule has 132 valence electrons. The number of rotatable bonds is 2. The first-order valence-electron chi connectivity index (χ1n) is 6.03. The fourth-order valence-corrected chi connectivity index (χ4v) is 2.10. The van der Waals surface area contributed by atoms with E-state index in [1.54, 1.807) is 26.0 Å². The van der Waals surface area contributed by atoms with Crippen LogP contribution in [-0.4, -0.2) is 9.85 Å². The summed E-state index contributed by atoms with van der Waals surface area (Å²) in [7, 11) is 0. The van der Waals surface area contributed by atoms with Gasteiger partial charge in [-0.3, -0.25) is 20.2 Å². The van der Waals surface area contributed by atoms with E-state index in [4.69, 9.17) is 23.2 Å². The third kappa shape index (κ3) is 6.93. The molecule has 0 N–H and O–H groups in total. The summed E-state index contributed by atoms with van der Waals surface area (Å²) in [5.41, 5.74) is 1.38. The molecule has 0 spiro atoms. The molecule has 8 heteroatoms. The lowest BCUT2D eigenvalue weighted by molar-refractivity contribution is -0.385. The third-order valence-electron chi connectivity index (χ3n) is 2.71. The summed E-state index contributed by atoms with van der Waals surface area (Å²) in [6.07, 6.45) is 0. The third-order valence-corrected chi connectivity index (χ3v) is 3.18. The molecule has 0 amide bonds. The second-order valence-electron chi connectivity index (χ2n) is 4.38. The number of nitro groups is 2. The maximum absolute atomic E-state index is 10.3. The molecule has 0 aliphatic rings. The van der Waals surface area contributed by atoms with Gasteiger partial charge in [-0.05, 0) is 38.1 Å². The number of halogens is 2. The number of hydrogen-bond donors (Lipinski definition) is 0. The number of nitro benzene ring substituents is 2. The van der Waals surface area contributed by atoms with E-state index >= 15 is 0 Å². The highest BCUT2D eigenvalue weighted by Gasteiger charge is 2.09. The van der Waals surface area contributed by atoms with Crippen LogP contribution in [0.2, 0.25) is 10.0 Å². The lowest BCUT2D eigenvalue weighted by Gasteiger charge is -1.95. The fraction of sp³-hybridized carbons (Fsp3) is 0.250. The predicted octanol–water partition coefficient (Wildman–Crippen LogP) is 6.39. The van der Waals surface area contributed by atoms with Gasteiger partial charge in [0.15, 0.2) is 0 Å². The van der Waals surface area contributed by atoms with E-state index in [-0.39, 0.29) is 26.2 Å². The zero-order valence-corrected chi connectivity index (χ0v) is 13.3. The Hall–Kier alpha value is -2.18. The molecule has 0 radical (unpaired) electrons. The van der Waals surface area contributed by atoms with Crippen molar-refractivity contribution in [3.63, 3.8) is 0 Å². The minimum absolute atomic E-state index is 0. The molecule has 2 rings (SSSR count). The molecule has 24 heavy (non-hydrogen) atoms. The zero-order valence-electron chi connectivity index (χ0n) is 11.7. The highest BCUT2D eigenvalue weighted by molar-refractivity contribution is 6.31. The van der Waals surface area contributed by atoms with E-state index in [9.17, 15) is 20.2 Å². The second-order valence-corrected chi connectivity index (χ2v) is 5.25. The van der Waals surface area contributed by atoms with Crippen molar-refractivity contribution < 1.29 is 9.85 Å². The molecule has 0 bridgehead atoms. The predicted molar refractivity (Wildman–Crippen MR) is 99.1 cm³/mol. The van der Waals surface area contributed by atoms with E-state index < -0.39 is 9.85 Å². The van der Waals surface area contributed by atoms with Gasteiger partial charge >= 0.3 is 0 Å². The van der Waals surface area contributed by atoms with Crippen molar-refractivity contribution in [2.24, 2.45) is 0 Å². The van der Waals surface area contributed by atoms with Crippen LogP contribution in [0.15, 0.2) is 36.4 Å². The number of hydrogen-bond acceptors (Lipinski definition) is 4. The summed E-state index contributed by atoms with van der Waals surface area (Å²) in [5, 5.41) is 21.6. The molecule has 6 nitrogen and oxygen atoms in total. The summed E-state index contributed by atoms with van der Waals surface area (Å²) >= 11 is 11.2. The van der Waals surface area contributed by atoms with Gasteiger partial charge in [-0.25, -0.2) is 0 Å². The summed E-state index contributed by atoms with van der Waals surface area (Å²) in [5.74, 6) is 0. The van der Waals surface area contributed by atoms with Crippen molar-refractivity contribution in [3.8, 4) is 0 Å². The molecule has 0 unspecified atom stereocenters. The van der Waals surface area contributed by atoms with Gasteiger partial charge in [-0.1, -0.05) is 38.1 Å². The molecule has 2 aromatic rings. The van der Waals surface area contributed by atoms with Crippen molar-refractivity contribution in [3.05, 3.63) is 77.8 Å². The molecule has 0 aliphatic carbocycles. The average Bonchev–Trinajstić information content (AvgIpc) is 2.38. The Morgan fingerprint density at radius 1 is 0.750 bits per heavy atom. The summed E-state index contributed by atoms with van der Waals surface area (Å²) in [6.45, 7) is 3.31. The monoisotopic (exact) mass is 374 g/mol. The van der Waals surface area contributed by atoms with E-state index in [2.05, 4.69) is 0 Å². The highest BCUT2D eigenvalue weighted by atomic mass is 35.5. The van der Waals surface area contributed by atoms with E-state index in [0.29, 0.717) is 21.2 Å². The van der Waals surface area contributed by atoms with E-state index in [1.807, 2.05) is 0 Å². The van der Waals surface area contributed by atoms with Gasteiger partial charge < -0.3 is 0 Å². The molecule has 0 aromatic heterocycles. The minimum Gasteiger partial charge on any atom is -0.258 e. The Morgan fingerprint density at radius 2 is 1.04 bits per heavy atom. The molecular formula is C16H20Cl2N2O4. The summed E-state index contributed by atoms with van der Waals surface area (Å²) in [6, 6.07) is 8.95. The number of aryl methyl sites for hydroxylation is 2. The average molecular weight is 375 g/mol. The molecule has 0 atom stereocenters. The van der Waals surface area contributed by atoms with Gasteiger partial charge in [0.2, 0.25) is 0 Å². The largest absolute Gasteiger partial charge is 0.272 e. The molecule has 0 fully saturated rings. The van der Waals surface area contributed by atoms with Crippen LogP contribution in [0.25, 0.3) is 0 Å². The quantitative estimate of drug-likeness (QED) is 0.450. The first-order chi connectivity index (χ1) is 10.2. The van der Waals surface area contributed by atoms with Crippen molar-refractivity contribution >= 4 is 34.6 Å². The van der Waals surface area contributed by atoms with Crippen LogP contribution >= 0.6 is 23.2 Å². The van der Waals surface area contributed by atoms with Crippen LogP contribution in [0.4, 0.5) is 11.4 Å². The second kappa shape index (κ2) is 10.6. The standard InChI is InChI=1S/2C7H6ClNO2.2CH4/c2*1-5-4-6(8)2-3-7(5)9(10)11;;/h2*2-4H,1H3;2*1H4. The first kappa shape index (κ1) is 24.1. The first-order valence-corrected chi connectivity index (χ1v) is 6.79. The SMILES string of the molecule is C.C.Cc1cc(Cl)ccc1[N+](=O)[O-].Cc1cc(Cl)ccc1[N+](=O)[O-]. The van der Waals surface area contributed by atoms with E-state index in [0.717, 1.165) is 0 Å². The van der Waals surface area contributed by atoms with Crippen LogP contribution in [0.1, 0.15) is 26.0 Å². The molecule has 0 aliphatic heterocycles. The smallest absolute Gasteiger partial charge is 0.258 e. The molecule has 0 saturated heterocycles. The lowest BCUT2D eigenvalue weighted by atomic mass is 10.2. The minimum atomic E-state index is -0.425. The van der Waals surface area contributed by atoms with Crippen molar-refractivity contribution in [1.29, 1.82) is 0 Å². The maximum atomic E-state index is 10.3. The van der Waals surface area contributed by atoms with Crippen LogP contribution < -0.4 is 0 Å². The zero-order chi connectivity index (χ0) is 16.9. The van der Waals surface area contributed by atoms with Crippen molar-refractivity contribution in [2.45, 2.75) is 28.7 Å². The van der Waals surface area contributed by atoms with Gasteiger partial charge in [0.25, 0.3) is 11.4 Å². The van der Waals surface area contributed by atoms with Crippen LogP contribution in [0.5, 0.6) is 0 Å². The molecular weight excluding hydrogens is 355 g/mol. The Morgan fingerprint density at radius 3 is 1.25 bits per heavy atom. The highest BCUT2D eigenvalue weighted by Crippen LogP contribution is 2.21. The van der Waals surface area contributed by atoms with Gasteiger partial charge in [-0.2, -0.15) is 0 Å². The normalized spacial score (nSPS) is 8.83. The van der Waals surface area contributed by atoms with Gasteiger partial charge in [0, 0.05) is 33.3 Å². The molecule has 0 saturated carbocycles. The Labute approximate surface area is 151 Å². The van der Waals surface area contributed by atoms with Crippen LogP contribution in [-0.2, 0) is 0 Å². The maximum Gasteiger partial charge on any atom is 0.272 e.